The highest BCUT2D eigenvalue weighted by Crippen LogP contribution is 2.25. The number of carbonyl (C=O) groups is 2. The number of fused-ring (bicyclic) bond motifs is 1. The number of amides is 2. The minimum absolute atomic E-state index is 0.00727. The van der Waals surface area contributed by atoms with E-state index >= 15 is 0 Å². The van der Waals surface area contributed by atoms with Gasteiger partial charge < -0.3 is 9.80 Å². The molecule has 148 valence electrons. The van der Waals surface area contributed by atoms with Gasteiger partial charge in [-0.15, -0.1) is 0 Å². The lowest BCUT2D eigenvalue weighted by Gasteiger charge is -2.28. The van der Waals surface area contributed by atoms with Crippen LogP contribution in [0.1, 0.15) is 61.4 Å². The molecule has 0 N–H and O–H groups in total. The maximum atomic E-state index is 13.1. The van der Waals surface area contributed by atoms with E-state index in [9.17, 15) is 9.59 Å². The summed E-state index contributed by atoms with van der Waals surface area (Å²) in [5, 5.41) is 0. The van der Waals surface area contributed by atoms with E-state index in [0.717, 1.165) is 43.5 Å². The first-order valence-corrected chi connectivity index (χ1v) is 10.2. The second kappa shape index (κ2) is 10.0. The summed E-state index contributed by atoms with van der Waals surface area (Å²) in [5.41, 5.74) is 2.53. The standard InChI is InChI=1S/C23H29N3O2/c1-19(27)26-16-9-5-3-2-4-8-15-25(18-21-11-6-7-13-22(21)26)23(28)20-12-10-14-24-17-20/h6-7,10-14,17H,2-5,8-9,15-16,18H2,1H3. The molecule has 0 spiro atoms. The van der Waals surface area contributed by atoms with Gasteiger partial charge in [0.25, 0.3) is 5.91 Å². The number of pyridine rings is 1. The summed E-state index contributed by atoms with van der Waals surface area (Å²) in [7, 11) is 0. The number of aromatic nitrogens is 1. The highest BCUT2D eigenvalue weighted by Gasteiger charge is 2.21. The van der Waals surface area contributed by atoms with Crippen molar-refractivity contribution in [3.63, 3.8) is 0 Å². The highest BCUT2D eigenvalue weighted by molar-refractivity contribution is 5.94. The average molecular weight is 380 g/mol. The monoisotopic (exact) mass is 379 g/mol. The molecule has 0 unspecified atom stereocenters. The van der Waals surface area contributed by atoms with E-state index in [1.807, 2.05) is 40.1 Å². The van der Waals surface area contributed by atoms with Gasteiger partial charge in [-0.3, -0.25) is 14.6 Å². The number of anilines is 1. The van der Waals surface area contributed by atoms with Crippen molar-refractivity contribution < 1.29 is 9.59 Å². The smallest absolute Gasteiger partial charge is 0.255 e. The third-order valence-corrected chi connectivity index (χ3v) is 5.28. The van der Waals surface area contributed by atoms with Gasteiger partial charge in [-0.05, 0) is 36.6 Å². The Balaban J connectivity index is 1.92. The van der Waals surface area contributed by atoms with Gasteiger partial charge in [0, 0.05) is 44.6 Å². The molecule has 3 rings (SSSR count). The van der Waals surface area contributed by atoms with Crippen LogP contribution in [0.3, 0.4) is 0 Å². The first kappa shape index (κ1) is 20.1. The fourth-order valence-electron chi connectivity index (χ4n) is 3.76. The number of hydrogen-bond donors (Lipinski definition) is 0. The van der Waals surface area contributed by atoms with Crippen molar-refractivity contribution in [2.75, 3.05) is 18.0 Å². The number of benzene rings is 1. The molecule has 0 fully saturated rings. The molecule has 28 heavy (non-hydrogen) atoms. The lowest BCUT2D eigenvalue weighted by atomic mass is 10.1. The van der Waals surface area contributed by atoms with Crippen LogP contribution in [0.5, 0.6) is 0 Å². The van der Waals surface area contributed by atoms with Crippen LogP contribution >= 0.6 is 0 Å². The minimum atomic E-state index is -0.00727. The van der Waals surface area contributed by atoms with Crippen molar-refractivity contribution in [2.45, 2.75) is 52.0 Å². The first-order valence-electron chi connectivity index (χ1n) is 10.2. The van der Waals surface area contributed by atoms with Crippen molar-refractivity contribution in [3.05, 3.63) is 59.9 Å². The lowest BCUT2D eigenvalue weighted by Crippen LogP contribution is -2.34. The van der Waals surface area contributed by atoms with Crippen LogP contribution in [0.15, 0.2) is 48.8 Å². The van der Waals surface area contributed by atoms with Crippen LogP contribution in [-0.2, 0) is 11.3 Å². The SMILES string of the molecule is CC(=O)N1CCCCCCCCN(C(=O)c2cccnc2)Cc2ccccc21. The Morgan fingerprint density at radius 2 is 1.61 bits per heavy atom. The molecular weight excluding hydrogens is 350 g/mol. The first-order chi connectivity index (χ1) is 13.7. The predicted octanol–water partition coefficient (Wildman–Crippen LogP) is 4.43. The van der Waals surface area contributed by atoms with Crippen molar-refractivity contribution in [1.29, 1.82) is 0 Å². The highest BCUT2D eigenvalue weighted by atomic mass is 16.2. The summed E-state index contributed by atoms with van der Waals surface area (Å²) in [6, 6.07) is 11.5. The van der Waals surface area contributed by atoms with Crippen LogP contribution in [0.4, 0.5) is 5.69 Å². The maximum Gasteiger partial charge on any atom is 0.255 e. The summed E-state index contributed by atoms with van der Waals surface area (Å²) >= 11 is 0. The van der Waals surface area contributed by atoms with Crippen LogP contribution in [0.2, 0.25) is 0 Å². The number of rotatable bonds is 1. The van der Waals surface area contributed by atoms with Gasteiger partial charge in [0.15, 0.2) is 0 Å². The van der Waals surface area contributed by atoms with Crippen LogP contribution in [0.25, 0.3) is 0 Å². The van der Waals surface area contributed by atoms with E-state index < -0.39 is 0 Å². The van der Waals surface area contributed by atoms with Gasteiger partial charge in [-0.2, -0.15) is 0 Å². The number of nitrogens with zero attached hydrogens (tertiary/aromatic N) is 3. The van der Waals surface area contributed by atoms with Gasteiger partial charge in [0.2, 0.25) is 5.91 Å². The molecule has 1 aromatic heterocycles. The largest absolute Gasteiger partial charge is 0.334 e. The average Bonchev–Trinajstić information content (AvgIpc) is 2.73. The number of carbonyl (C=O) groups excluding carboxylic acids is 2. The third-order valence-electron chi connectivity index (χ3n) is 5.28. The molecule has 1 aromatic carbocycles. The lowest BCUT2D eigenvalue weighted by molar-refractivity contribution is -0.116. The van der Waals surface area contributed by atoms with E-state index in [4.69, 9.17) is 0 Å². The zero-order valence-electron chi connectivity index (χ0n) is 16.6. The van der Waals surface area contributed by atoms with Gasteiger partial charge in [0.05, 0.1) is 5.56 Å². The van der Waals surface area contributed by atoms with Crippen LogP contribution in [-0.4, -0.2) is 34.8 Å². The molecule has 0 saturated heterocycles. The molecule has 5 nitrogen and oxygen atoms in total. The molecule has 2 amide bonds. The topological polar surface area (TPSA) is 53.5 Å². The summed E-state index contributed by atoms with van der Waals surface area (Å²) < 4.78 is 0. The summed E-state index contributed by atoms with van der Waals surface area (Å²) in [6.45, 7) is 3.55. The fraction of sp³-hybridized carbons (Fsp3) is 0.435. The van der Waals surface area contributed by atoms with E-state index in [-0.39, 0.29) is 11.8 Å². The van der Waals surface area contributed by atoms with Crippen LogP contribution < -0.4 is 4.90 Å². The van der Waals surface area contributed by atoms with Crippen LogP contribution in [0, 0.1) is 0 Å². The second-order valence-electron chi connectivity index (χ2n) is 7.39. The molecule has 2 heterocycles. The predicted molar refractivity (Wildman–Crippen MR) is 111 cm³/mol. The normalized spacial score (nSPS) is 16.3. The van der Waals surface area contributed by atoms with E-state index in [1.165, 1.54) is 12.8 Å². The molecule has 0 bridgehead atoms. The molecule has 2 aromatic rings. The molecule has 1 aliphatic rings. The number of para-hydroxylation sites is 1. The minimum Gasteiger partial charge on any atom is -0.334 e. The Morgan fingerprint density at radius 3 is 2.32 bits per heavy atom. The Morgan fingerprint density at radius 1 is 0.893 bits per heavy atom. The third kappa shape index (κ3) is 5.18. The Bertz CT molecular complexity index is 791. The fourth-order valence-corrected chi connectivity index (χ4v) is 3.76. The quantitative estimate of drug-likeness (QED) is 0.736. The summed E-state index contributed by atoms with van der Waals surface area (Å²) in [5.74, 6) is 0.0413. The van der Waals surface area contributed by atoms with Gasteiger partial charge in [0.1, 0.15) is 0 Å². The van der Waals surface area contributed by atoms with E-state index in [1.54, 1.807) is 25.4 Å². The maximum absolute atomic E-state index is 13.1. The van der Waals surface area contributed by atoms with Crippen molar-refractivity contribution in [2.24, 2.45) is 0 Å². The zero-order valence-corrected chi connectivity index (χ0v) is 16.6. The Hall–Kier alpha value is -2.69. The molecule has 0 atom stereocenters. The zero-order chi connectivity index (χ0) is 19.8. The molecule has 0 radical (unpaired) electrons. The second-order valence-corrected chi connectivity index (χ2v) is 7.39. The van der Waals surface area contributed by atoms with E-state index in [2.05, 4.69) is 4.98 Å². The molecule has 0 saturated carbocycles. The Labute approximate surface area is 167 Å². The van der Waals surface area contributed by atoms with Gasteiger partial charge >= 0.3 is 0 Å². The number of hydrogen-bond acceptors (Lipinski definition) is 3. The van der Waals surface area contributed by atoms with Crippen molar-refractivity contribution >= 4 is 17.5 Å². The molecule has 1 aliphatic heterocycles. The molecule has 0 aliphatic carbocycles. The van der Waals surface area contributed by atoms with Gasteiger partial charge in [-0.1, -0.05) is 43.9 Å². The van der Waals surface area contributed by atoms with Gasteiger partial charge in [-0.25, -0.2) is 0 Å². The molecular formula is C23H29N3O2. The Kier molecular flexibility index (Phi) is 7.18. The van der Waals surface area contributed by atoms with Crippen molar-refractivity contribution in [1.82, 2.24) is 9.88 Å². The van der Waals surface area contributed by atoms with E-state index in [0.29, 0.717) is 18.7 Å². The summed E-state index contributed by atoms with van der Waals surface area (Å²) in [4.78, 5) is 33.3. The molecule has 5 heteroatoms. The summed E-state index contributed by atoms with van der Waals surface area (Å²) in [6.07, 6.45) is 9.88. The van der Waals surface area contributed by atoms with Crippen molar-refractivity contribution in [3.8, 4) is 0 Å².